The number of hydrogen-bond acceptors (Lipinski definition) is 4. The van der Waals surface area contributed by atoms with Crippen molar-refractivity contribution in [3.63, 3.8) is 0 Å². The second-order valence-corrected chi connectivity index (χ2v) is 3.83. The lowest BCUT2D eigenvalue weighted by atomic mass is 10.1. The predicted octanol–water partition coefficient (Wildman–Crippen LogP) is 2.24. The first kappa shape index (κ1) is 14.5. The first-order chi connectivity index (χ1) is 8.76. The third-order valence-corrected chi connectivity index (χ3v) is 2.46. The molecule has 4 heteroatoms. The van der Waals surface area contributed by atoms with Crippen molar-refractivity contribution in [1.82, 2.24) is 0 Å². The Kier molecular flexibility index (Phi) is 6.87. The SMILES string of the molecule is CCOC(=O)COCCNc1ccc(CC)cc1. The van der Waals surface area contributed by atoms with Crippen molar-refractivity contribution in [1.29, 1.82) is 0 Å². The van der Waals surface area contributed by atoms with Gasteiger partial charge in [-0.05, 0) is 31.0 Å². The van der Waals surface area contributed by atoms with Crippen LogP contribution in [0.15, 0.2) is 24.3 Å². The van der Waals surface area contributed by atoms with Crippen LogP contribution in [0, 0.1) is 0 Å². The highest BCUT2D eigenvalue weighted by Crippen LogP contribution is 2.09. The van der Waals surface area contributed by atoms with E-state index in [-0.39, 0.29) is 12.6 Å². The number of rotatable bonds is 8. The molecule has 0 aliphatic heterocycles. The molecule has 0 bridgehead atoms. The fourth-order valence-corrected chi connectivity index (χ4v) is 1.48. The molecule has 0 atom stereocenters. The van der Waals surface area contributed by atoms with Gasteiger partial charge in [0.1, 0.15) is 6.61 Å². The minimum Gasteiger partial charge on any atom is -0.464 e. The van der Waals surface area contributed by atoms with Gasteiger partial charge in [0.05, 0.1) is 13.2 Å². The summed E-state index contributed by atoms with van der Waals surface area (Å²) < 4.78 is 9.93. The lowest BCUT2D eigenvalue weighted by molar-refractivity contribution is -0.148. The van der Waals surface area contributed by atoms with Crippen molar-refractivity contribution in [2.45, 2.75) is 20.3 Å². The van der Waals surface area contributed by atoms with Crippen LogP contribution in [0.4, 0.5) is 5.69 Å². The van der Waals surface area contributed by atoms with Crippen molar-refractivity contribution < 1.29 is 14.3 Å². The van der Waals surface area contributed by atoms with Gasteiger partial charge in [-0.1, -0.05) is 19.1 Å². The average Bonchev–Trinajstić information content (AvgIpc) is 2.39. The van der Waals surface area contributed by atoms with Gasteiger partial charge in [0, 0.05) is 12.2 Å². The van der Waals surface area contributed by atoms with Gasteiger partial charge in [0.2, 0.25) is 0 Å². The highest BCUT2D eigenvalue weighted by atomic mass is 16.6. The Hall–Kier alpha value is -1.55. The number of aryl methyl sites for hydroxylation is 1. The van der Waals surface area contributed by atoms with Gasteiger partial charge in [-0.2, -0.15) is 0 Å². The molecule has 4 nitrogen and oxygen atoms in total. The molecule has 1 aromatic rings. The highest BCUT2D eigenvalue weighted by Gasteiger charge is 2.00. The Bertz CT molecular complexity index is 349. The van der Waals surface area contributed by atoms with Gasteiger partial charge in [-0.3, -0.25) is 0 Å². The Balaban J connectivity index is 2.12. The third-order valence-electron chi connectivity index (χ3n) is 2.46. The van der Waals surface area contributed by atoms with Crippen LogP contribution in [-0.4, -0.2) is 32.3 Å². The summed E-state index contributed by atoms with van der Waals surface area (Å²) in [5.74, 6) is -0.315. The van der Waals surface area contributed by atoms with Crippen LogP contribution in [0.3, 0.4) is 0 Å². The normalized spacial score (nSPS) is 10.1. The summed E-state index contributed by atoms with van der Waals surface area (Å²) in [7, 11) is 0. The van der Waals surface area contributed by atoms with Gasteiger partial charge in [-0.25, -0.2) is 4.79 Å². The molecule has 0 saturated heterocycles. The molecule has 0 aromatic heterocycles. The lowest BCUT2D eigenvalue weighted by Gasteiger charge is -2.07. The van der Waals surface area contributed by atoms with E-state index in [2.05, 4.69) is 24.4 Å². The predicted molar refractivity (Wildman–Crippen MR) is 71.8 cm³/mol. The molecule has 0 aliphatic rings. The van der Waals surface area contributed by atoms with Crippen LogP contribution in [0.25, 0.3) is 0 Å². The van der Waals surface area contributed by atoms with E-state index < -0.39 is 0 Å². The van der Waals surface area contributed by atoms with E-state index in [0.717, 1.165) is 12.1 Å². The first-order valence-electron chi connectivity index (χ1n) is 6.32. The molecule has 0 aliphatic carbocycles. The summed E-state index contributed by atoms with van der Waals surface area (Å²) >= 11 is 0. The van der Waals surface area contributed by atoms with E-state index in [1.165, 1.54) is 5.56 Å². The molecule has 0 spiro atoms. The average molecular weight is 251 g/mol. The molecule has 1 aromatic carbocycles. The minimum atomic E-state index is -0.315. The van der Waals surface area contributed by atoms with Crippen LogP contribution < -0.4 is 5.32 Å². The zero-order valence-corrected chi connectivity index (χ0v) is 11.1. The third kappa shape index (κ3) is 5.68. The van der Waals surface area contributed by atoms with Crippen LogP contribution in [0.2, 0.25) is 0 Å². The second-order valence-electron chi connectivity index (χ2n) is 3.83. The number of anilines is 1. The van der Waals surface area contributed by atoms with E-state index in [9.17, 15) is 4.79 Å². The summed E-state index contributed by atoms with van der Waals surface area (Å²) in [5.41, 5.74) is 2.38. The van der Waals surface area contributed by atoms with E-state index in [4.69, 9.17) is 9.47 Å². The molecule has 0 amide bonds. The molecule has 18 heavy (non-hydrogen) atoms. The largest absolute Gasteiger partial charge is 0.464 e. The zero-order valence-electron chi connectivity index (χ0n) is 11.1. The van der Waals surface area contributed by atoms with Crippen molar-refractivity contribution in [2.75, 3.05) is 31.7 Å². The second kappa shape index (κ2) is 8.53. The number of carbonyl (C=O) groups is 1. The monoisotopic (exact) mass is 251 g/mol. The van der Waals surface area contributed by atoms with Crippen molar-refractivity contribution in [3.05, 3.63) is 29.8 Å². The van der Waals surface area contributed by atoms with Crippen LogP contribution in [0.5, 0.6) is 0 Å². The van der Waals surface area contributed by atoms with E-state index >= 15 is 0 Å². The van der Waals surface area contributed by atoms with Crippen molar-refractivity contribution >= 4 is 11.7 Å². The summed E-state index contributed by atoms with van der Waals surface area (Å²) in [6, 6.07) is 8.29. The molecule has 0 radical (unpaired) electrons. The maximum Gasteiger partial charge on any atom is 0.332 e. The summed E-state index contributed by atoms with van der Waals surface area (Å²) in [5, 5.41) is 3.22. The Morgan fingerprint density at radius 1 is 1.22 bits per heavy atom. The lowest BCUT2D eigenvalue weighted by Crippen LogP contribution is -2.16. The number of ether oxygens (including phenoxy) is 2. The molecule has 0 unspecified atom stereocenters. The van der Waals surface area contributed by atoms with Gasteiger partial charge in [0.15, 0.2) is 0 Å². The van der Waals surface area contributed by atoms with Gasteiger partial charge < -0.3 is 14.8 Å². The molecule has 1 N–H and O–H groups in total. The first-order valence-corrected chi connectivity index (χ1v) is 6.32. The summed E-state index contributed by atoms with van der Waals surface area (Å²) in [4.78, 5) is 11.0. The van der Waals surface area contributed by atoms with E-state index in [1.807, 2.05) is 12.1 Å². The fraction of sp³-hybridized carbons (Fsp3) is 0.500. The molecular formula is C14H21NO3. The fourth-order valence-electron chi connectivity index (χ4n) is 1.48. The highest BCUT2D eigenvalue weighted by molar-refractivity contribution is 5.70. The summed E-state index contributed by atoms with van der Waals surface area (Å²) in [6.45, 7) is 5.47. The minimum absolute atomic E-state index is 0.0181. The van der Waals surface area contributed by atoms with Crippen LogP contribution in [-0.2, 0) is 20.7 Å². The van der Waals surface area contributed by atoms with Crippen molar-refractivity contribution in [2.24, 2.45) is 0 Å². The number of nitrogens with one attached hydrogen (secondary N) is 1. The van der Waals surface area contributed by atoms with Gasteiger partial charge in [0.25, 0.3) is 0 Å². The topological polar surface area (TPSA) is 47.6 Å². The standard InChI is InChI=1S/C14H21NO3/c1-3-12-5-7-13(8-6-12)15-9-10-17-11-14(16)18-4-2/h5-8,15H,3-4,9-11H2,1-2H3. The maximum absolute atomic E-state index is 11.0. The molecule has 0 heterocycles. The van der Waals surface area contributed by atoms with Crippen molar-refractivity contribution in [3.8, 4) is 0 Å². The molecule has 0 fully saturated rings. The number of benzene rings is 1. The zero-order chi connectivity index (χ0) is 13.2. The molecular weight excluding hydrogens is 230 g/mol. The molecule has 1 rings (SSSR count). The van der Waals surface area contributed by atoms with E-state index in [0.29, 0.717) is 19.8 Å². The molecule has 100 valence electrons. The summed E-state index contributed by atoms with van der Waals surface area (Å²) in [6.07, 6.45) is 1.04. The van der Waals surface area contributed by atoms with Crippen LogP contribution >= 0.6 is 0 Å². The maximum atomic E-state index is 11.0. The van der Waals surface area contributed by atoms with E-state index in [1.54, 1.807) is 6.92 Å². The van der Waals surface area contributed by atoms with Crippen LogP contribution in [0.1, 0.15) is 19.4 Å². The van der Waals surface area contributed by atoms with Gasteiger partial charge in [-0.15, -0.1) is 0 Å². The number of hydrogen-bond donors (Lipinski definition) is 1. The number of esters is 1. The van der Waals surface area contributed by atoms with Gasteiger partial charge >= 0.3 is 5.97 Å². The Morgan fingerprint density at radius 2 is 1.94 bits per heavy atom. The Labute approximate surface area is 108 Å². The molecule has 0 saturated carbocycles. The number of carbonyl (C=O) groups excluding carboxylic acids is 1. The smallest absolute Gasteiger partial charge is 0.332 e. The Morgan fingerprint density at radius 3 is 2.56 bits per heavy atom. The quantitative estimate of drug-likeness (QED) is 0.568.